The van der Waals surface area contributed by atoms with Gasteiger partial charge in [0.25, 0.3) is 0 Å². The van der Waals surface area contributed by atoms with Gasteiger partial charge in [0.1, 0.15) is 11.3 Å². The van der Waals surface area contributed by atoms with Crippen molar-refractivity contribution in [3.05, 3.63) is 70.6 Å². The lowest BCUT2D eigenvalue weighted by molar-refractivity contribution is -0.133. The maximum atomic E-state index is 12.5. The Balaban J connectivity index is 1.38. The van der Waals surface area contributed by atoms with Crippen LogP contribution in [0.1, 0.15) is 70.8 Å². The second-order valence-electron chi connectivity index (χ2n) is 13.1. The van der Waals surface area contributed by atoms with Crippen molar-refractivity contribution in [3.63, 3.8) is 0 Å². The minimum absolute atomic E-state index is 0.0561. The lowest BCUT2D eigenvalue weighted by Crippen LogP contribution is -2.60. The third kappa shape index (κ3) is 4.94. The fourth-order valence-corrected chi connectivity index (χ4v) is 8.66. The number of rotatable bonds is 7. The van der Waals surface area contributed by atoms with Crippen molar-refractivity contribution >= 4 is 5.97 Å². The van der Waals surface area contributed by atoms with Gasteiger partial charge in [0.15, 0.2) is 11.5 Å². The van der Waals surface area contributed by atoms with Crippen molar-refractivity contribution in [2.24, 2.45) is 29.6 Å². The van der Waals surface area contributed by atoms with Gasteiger partial charge >= 0.3 is 5.97 Å². The summed E-state index contributed by atoms with van der Waals surface area (Å²) in [6.07, 6.45) is 7.86. The minimum atomic E-state index is -0.587. The van der Waals surface area contributed by atoms with Gasteiger partial charge in [0.05, 0.1) is 19.8 Å². The van der Waals surface area contributed by atoms with Crippen LogP contribution in [0.2, 0.25) is 0 Å². The molecule has 0 spiro atoms. The molecule has 7 heteroatoms. The quantitative estimate of drug-likeness (QED) is 0.437. The Morgan fingerprint density at radius 1 is 1.10 bits per heavy atom. The first kappa shape index (κ1) is 28.5. The van der Waals surface area contributed by atoms with Crippen LogP contribution in [0.4, 0.5) is 0 Å². The number of fused-ring (bicyclic) bond motifs is 4. The third-order valence-electron chi connectivity index (χ3n) is 10.5. The van der Waals surface area contributed by atoms with E-state index in [9.17, 15) is 15.0 Å². The van der Waals surface area contributed by atoms with Crippen LogP contribution in [-0.2, 0) is 19.0 Å². The Kier molecular flexibility index (Phi) is 8.05. The summed E-state index contributed by atoms with van der Waals surface area (Å²) in [5.41, 5.74) is 1.54. The van der Waals surface area contributed by atoms with Crippen LogP contribution >= 0.6 is 0 Å². The second-order valence-corrected chi connectivity index (χ2v) is 13.1. The van der Waals surface area contributed by atoms with Crippen molar-refractivity contribution in [3.8, 4) is 0 Å². The normalized spacial score (nSPS) is 35.8. The fourth-order valence-electron chi connectivity index (χ4n) is 8.66. The number of methoxy groups -OCH3 is 1. The number of carbonyl (C=O) groups is 1. The van der Waals surface area contributed by atoms with Crippen LogP contribution in [0.15, 0.2) is 65.0 Å². The van der Waals surface area contributed by atoms with Crippen molar-refractivity contribution in [2.75, 3.05) is 20.3 Å². The summed E-state index contributed by atoms with van der Waals surface area (Å²) in [5.74, 6) is 3.50. The highest BCUT2D eigenvalue weighted by molar-refractivity contribution is 5.94. The maximum absolute atomic E-state index is 12.5. The Labute approximate surface area is 243 Å². The standard InChI is InChI=1S/C34H45NO6/c1-19(2)12-15-27(37)30-23-14-13-22(21-9-6-5-7-10-21)24(23)17-26-29-20(3)31(40-28(29)11-8-16-35(26)30)33-32(39-4)25(18-36)34(38)41-33/h5-7,9-11,19-20,22-24,26-27,29-30,36-37H,8,12-18H2,1-4H3/t20-,22-,23+,24+,26-,27+,29+,30+/m1/s1. The number of esters is 1. The van der Waals surface area contributed by atoms with E-state index in [-0.39, 0.29) is 41.4 Å². The van der Waals surface area contributed by atoms with E-state index in [1.807, 2.05) is 0 Å². The Hall–Kier alpha value is -2.61. The first-order chi connectivity index (χ1) is 19.8. The molecule has 4 heterocycles. The van der Waals surface area contributed by atoms with E-state index in [1.165, 1.54) is 12.7 Å². The predicted molar refractivity (Wildman–Crippen MR) is 155 cm³/mol. The zero-order chi connectivity index (χ0) is 28.8. The number of benzene rings is 1. The van der Waals surface area contributed by atoms with Gasteiger partial charge in [-0.25, -0.2) is 4.79 Å². The SMILES string of the molecule is COC1=C(CO)C(=O)OC1=C1OC2=CCCN3[C@H]([C@@H](O)CCC(C)C)[C@H]4CC[C@H](c5ccccc5)[C@@H]4C[C@@H]3[C@@H]2[C@H]1C. The van der Waals surface area contributed by atoms with Crippen molar-refractivity contribution in [1.29, 1.82) is 0 Å². The van der Waals surface area contributed by atoms with Crippen LogP contribution in [0.5, 0.6) is 0 Å². The van der Waals surface area contributed by atoms with E-state index in [0.29, 0.717) is 35.2 Å². The lowest BCUT2D eigenvalue weighted by atomic mass is 9.68. The molecule has 222 valence electrons. The topological polar surface area (TPSA) is 88.5 Å². The van der Waals surface area contributed by atoms with Gasteiger partial charge in [-0.15, -0.1) is 0 Å². The molecule has 3 fully saturated rings. The van der Waals surface area contributed by atoms with Crippen molar-refractivity contribution < 1.29 is 29.2 Å². The molecule has 1 aromatic carbocycles. The number of carbonyl (C=O) groups excluding carboxylic acids is 1. The van der Waals surface area contributed by atoms with Crippen molar-refractivity contribution in [1.82, 2.24) is 4.90 Å². The summed E-state index contributed by atoms with van der Waals surface area (Å²) in [6, 6.07) is 11.2. The molecule has 0 aromatic heterocycles. The summed E-state index contributed by atoms with van der Waals surface area (Å²) in [4.78, 5) is 15.1. The minimum Gasteiger partial charge on any atom is -0.492 e. The second kappa shape index (κ2) is 11.6. The predicted octanol–water partition coefficient (Wildman–Crippen LogP) is 5.27. The molecule has 0 bridgehead atoms. The average molecular weight is 564 g/mol. The number of piperidine rings is 1. The first-order valence-electron chi connectivity index (χ1n) is 15.5. The Bertz CT molecular complexity index is 1230. The molecule has 41 heavy (non-hydrogen) atoms. The number of aliphatic hydroxyl groups excluding tert-OH is 2. The molecule has 6 rings (SSSR count). The molecule has 8 atom stereocenters. The number of hydrogen-bond donors (Lipinski definition) is 2. The van der Waals surface area contributed by atoms with Gasteiger partial charge < -0.3 is 24.4 Å². The molecule has 0 amide bonds. The van der Waals surface area contributed by atoms with Gasteiger partial charge in [-0.1, -0.05) is 51.1 Å². The highest BCUT2D eigenvalue weighted by Crippen LogP contribution is 2.57. The molecule has 1 aromatic rings. The molecule has 0 radical (unpaired) electrons. The maximum Gasteiger partial charge on any atom is 0.345 e. The summed E-state index contributed by atoms with van der Waals surface area (Å²) in [6.45, 7) is 7.07. The Morgan fingerprint density at radius 2 is 1.88 bits per heavy atom. The summed E-state index contributed by atoms with van der Waals surface area (Å²) in [7, 11) is 1.49. The van der Waals surface area contributed by atoms with E-state index in [0.717, 1.165) is 50.8 Å². The largest absolute Gasteiger partial charge is 0.492 e. The number of aliphatic hydroxyl groups is 2. The van der Waals surface area contributed by atoms with Gasteiger partial charge in [-0.2, -0.15) is 0 Å². The molecule has 0 unspecified atom stereocenters. The third-order valence-corrected chi connectivity index (χ3v) is 10.5. The highest BCUT2D eigenvalue weighted by atomic mass is 16.6. The molecule has 4 aliphatic heterocycles. The zero-order valence-corrected chi connectivity index (χ0v) is 24.8. The molecule has 2 N–H and O–H groups in total. The van der Waals surface area contributed by atoms with E-state index in [2.05, 4.69) is 62.1 Å². The van der Waals surface area contributed by atoms with Crippen molar-refractivity contribution in [2.45, 2.75) is 83.4 Å². The van der Waals surface area contributed by atoms with Gasteiger partial charge in [-0.05, 0) is 73.8 Å². The molecule has 2 saturated heterocycles. The number of hydrogen-bond acceptors (Lipinski definition) is 7. The molecular formula is C34H45NO6. The summed E-state index contributed by atoms with van der Waals surface area (Å²) < 4.78 is 17.7. The highest BCUT2D eigenvalue weighted by Gasteiger charge is 2.56. The smallest absolute Gasteiger partial charge is 0.345 e. The van der Waals surface area contributed by atoms with Gasteiger partial charge in [0, 0.05) is 30.5 Å². The summed E-state index contributed by atoms with van der Waals surface area (Å²) >= 11 is 0. The number of allylic oxidation sites excluding steroid dienone is 1. The molecular weight excluding hydrogens is 518 g/mol. The molecule has 1 aliphatic carbocycles. The van der Waals surface area contributed by atoms with Crippen LogP contribution in [0.3, 0.4) is 0 Å². The fraction of sp³-hybridized carbons (Fsp3) is 0.618. The van der Waals surface area contributed by atoms with E-state index in [1.54, 1.807) is 0 Å². The number of ether oxygens (including phenoxy) is 3. The van der Waals surface area contributed by atoms with Crippen LogP contribution in [-0.4, -0.2) is 59.5 Å². The van der Waals surface area contributed by atoms with Crippen LogP contribution in [0, 0.1) is 29.6 Å². The lowest BCUT2D eigenvalue weighted by Gasteiger charge is -2.52. The number of nitrogens with zero attached hydrogens (tertiary/aromatic N) is 1. The zero-order valence-electron chi connectivity index (χ0n) is 24.8. The number of cyclic esters (lactones) is 1. The van der Waals surface area contributed by atoms with Crippen LogP contribution in [0.25, 0.3) is 0 Å². The van der Waals surface area contributed by atoms with E-state index < -0.39 is 12.6 Å². The molecule has 7 nitrogen and oxygen atoms in total. The summed E-state index contributed by atoms with van der Waals surface area (Å²) in [5, 5.41) is 21.6. The van der Waals surface area contributed by atoms with E-state index in [4.69, 9.17) is 14.2 Å². The monoisotopic (exact) mass is 563 g/mol. The first-order valence-corrected chi connectivity index (χ1v) is 15.5. The van der Waals surface area contributed by atoms with Crippen LogP contribution < -0.4 is 0 Å². The molecule has 1 saturated carbocycles. The van der Waals surface area contributed by atoms with Gasteiger partial charge in [-0.3, -0.25) is 4.90 Å². The Morgan fingerprint density at radius 3 is 2.59 bits per heavy atom. The molecule has 5 aliphatic rings. The van der Waals surface area contributed by atoms with E-state index >= 15 is 0 Å². The van der Waals surface area contributed by atoms with Gasteiger partial charge in [0.2, 0.25) is 5.76 Å². The average Bonchev–Trinajstić information content (AvgIpc) is 3.59.